The molecule has 0 radical (unpaired) electrons. The SMILES string of the molecule is C=C(CCO)c1nc(-c2ccc(C)c(N)c2)no1. The summed E-state index contributed by atoms with van der Waals surface area (Å²) in [7, 11) is 0. The minimum Gasteiger partial charge on any atom is -0.398 e. The molecule has 2 rings (SSSR count). The molecule has 0 atom stereocenters. The maximum absolute atomic E-state index is 8.82. The van der Waals surface area contributed by atoms with Gasteiger partial charge in [0.15, 0.2) is 0 Å². The van der Waals surface area contributed by atoms with Gasteiger partial charge in [0.1, 0.15) is 0 Å². The van der Waals surface area contributed by atoms with Crippen molar-refractivity contribution in [2.75, 3.05) is 12.3 Å². The van der Waals surface area contributed by atoms with Crippen molar-refractivity contribution in [3.05, 3.63) is 36.2 Å². The lowest BCUT2D eigenvalue weighted by molar-refractivity contribution is 0.302. The molecular formula is C13H15N3O2. The van der Waals surface area contributed by atoms with Crippen LogP contribution in [-0.2, 0) is 0 Å². The van der Waals surface area contributed by atoms with Gasteiger partial charge < -0.3 is 15.4 Å². The molecule has 0 unspecified atom stereocenters. The number of aryl methyl sites for hydroxylation is 1. The van der Waals surface area contributed by atoms with Gasteiger partial charge in [0, 0.05) is 29.9 Å². The van der Waals surface area contributed by atoms with Crippen LogP contribution in [0, 0.1) is 6.92 Å². The van der Waals surface area contributed by atoms with Crippen LogP contribution in [0.3, 0.4) is 0 Å². The summed E-state index contributed by atoms with van der Waals surface area (Å²) < 4.78 is 5.09. The highest BCUT2D eigenvalue weighted by Gasteiger charge is 2.11. The summed E-state index contributed by atoms with van der Waals surface area (Å²) in [5.41, 5.74) is 8.95. The first-order valence-electron chi connectivity index (χ1n) is 5.61. The normalized spacial score (nSPS) is 10.6. The minimum absolute atomic E-state index is 0.00796. The molecule has 0 fully saturated rings. The lowest BCUT2D eigenvalue weighted by atomic mass is 10.1. The van der Waals surface area contributed by atoms with Gasteiger partial charge in [0.05, 0.1) is 0 Å². The van der Waals surface area contributed by atoms with E-state index in [9.17, 15) is 0 Å². The fourth-order valence-corrected chi connectivity index (χ4v) is 1.51. The summed E-state index contributed by atoms with van der Waals surface area (Å²) in [5, 5.41) is 12.7. The molecule has 0 amide bonds. The third kappa shape index (κ3) is 2.41. The number of hydrogen-bond donors (Lipinski definition) is 2. The van der Waals surface area contributed by atoms with Gasteiger partial charge in [-0.2, -0.15) is 4.98 Å². The standard InChI is InChI=1S/C13H15N3O2/c1-8-3-4-10(7-11(8)14)12-15-13(18-16-12)9(2)5-6-17/h3-4,7,17H,2,5-6,14H2,1H3. The molecule has 0 aliphatic rings. The van der Waals surface area contributed by atoms with E-state index in [0.29, 0.717) is 29.4 Å². The Kier molecular flexibility index (Phi) is 3.43. The van der Waals surface area contributed by atoms with Gasteiger partial charge in [0.2, 0.25) is 5.82 Å². The molecule has 0 bridgehead atoms. The summed E-state index contributed by atoms with van der Waals surface area (Å²) in [6.45, 7) is 5.71. The van der Waals surface area contributed by atoms with Crippen LogP contribution in [0.5, 0.6) is 0 Å². The van der Waals surface area contributed by atoms with E-state index in [0.717, 1.165) is 11.1 Å². The van der Waals surface area contributed by atoms with Crippen molar-refractivity contribution in [2.45, 2.75) is 13.3 Å². The molecule has 1 heterocycles. The molecule has 5 heteroatoms. The second-order valence-electron chi connectivity index (χ2n) is 4.07. The molecule has 0 aliphatic carbocycles. The molecule has 5 nitrogen and oxygen atoms in total. The van der Waals surface area contributed by atoms with Crippen LogP contribution in [0.2, 0.25) is 0 Å². The number of nitrogens with two attached hydrogens (primary N) is 1. The highest BCUT2D eigenvalue weighted by atomic mass is 16.5. The van der Waals surface area contributed by atoms with E-state index in [-0.39, 0.29) is 6.61 Å². The fourth-order valence-electron chi connectivity index (χ4n) is 1.51. The largest absolute Gasteiger partial charge is 0.398 e. The Hall–Kier alpha value is -2.14. The second kappa shape index (κ2) is 5.01. The number of hydrogen-bond acceptors (Lipinski definition) is 5. The second-order valence-corrected chi connectivity index (χ2v) is 4.07. The molecule has 0 spiro atoms. The number of rotatable bonds is 4. The Balaban J connectivity index is 2.29. The van der Waals surface area contributed by atoms with Crippen molar-refractivity contribution in [3.63, 3.8) is 0 Å². The maximum Gasteiger partial charge on any atom is 0.253 e. The van der Waals surface area contributed by atoms with Gasteiger partial charge in [-0.3, -0.25) is 0 Å². The number of anilines is 1. The minimum atomic E-state index is 0.00796. The number of nitrogens with zero attached hydrogens (tertiary/aromatic N) is 2. The summed E-state index contributed by atoms with van der Waals surface area (Å²) in [4.78, 5) is 4.23. The van der Waals surface area contributed by atoms with E-state index in [1.807, 2.05) is 19.1 Å². The van der Waals surface area contributed by atoms with E-state index in [1.54, 1.807) is 6.07 Å². The van der Waals surface area contributed by atoms with E-state index in [1.165, 1.54) is 0 Å². The van der Waals surface area contributed by atoms with Crippen molar-refractivity contribution >= 4 is 11.3 Å². The lowest BCUT2D eigenvalue weighted by Crippen LogP contribution is -1.91. The van der Waals surface area contributed by atoms with Crippen molar-refractivity contribution < 1.29 is 9.63 Å². The van der Waals surface area contributed by atoms with Gasteiger partial charge in [-0.1, -0.05) is 23.9 Å². The molecule has 1 aromatic heterocycles. The van der Waals surface area contributed by atoms with E-state index >= 15 is 0 Å². The summed E-state index contributed by atoms with van der Waals surface area (Å²) >= 11 is 0. The molecule has 0 saturated carbocycles. The number of benzene rings is 1. The zero-order chi connectivity index (χ0) is 13.1. The van der Waals surface area contributed by atoms with E-state index in [2.05, 4.69) is 16.7 Å². The molecule has 0 saturated heterocycles. The Morgan fingerprint density at radius 2 is 2.28 bits per heavy atom. The molecule has 94 valence electrons. The van der Waals surface area contributed by atoms with Crippen LogP contribution in [0.15, 0.2) is 29.3 Å². The van der Waals surface area contributed by atoms with Crippen molar-refractivity contribution in [1.82, 2.24) is 10.1 Å². The monoisotopic (exact) mass is 245 g/mol. The van der Waals surface area contributed by atoms with Crippen LogP contribution in [0.25, 0.3) is 17.0 Å². The Morgan fingerprint density at radius 1 is 1.50 bits per heavy atom. The van der Waals surface area contributed by atoms with Gasteiger partial charge in [0.25, 0.3) is 5.89 Å². The third-order valence-corrected chi connectivity index (χ3v) is 2.68. The van der Waals surface area contributed by atoms with Gasteiger partial charge in [-0.05, 0) is 18.6 Å². The maximum atomic E-state index is 8.82. The van der Waals surface area contributed by atoms with Crippen LogP contribution >= 0.6 is 0 Å². The van der Waals surface area contributed by atoms with Gasteiger partial charge in [-0.15, -0.1) is 0 Å². The van der Waals surface area contributed by atoms with Crippen molar-refractivity contribution in [1.29, 1.82) is 0 Å². The topological polar surface area (TPSA) is 85.2 Å². The first-order chi connectivity index (χ1) is 8.61. The van der Waals surface area contributed by atoms with Crippen LogP contribution < -0.4 is 5.73 Å². The highest BCUT2D eigenvalue weighted by molar-refractivity contribution is 5.65. The van der Waals surface area contributed by atoms with Crippen LogP contribution in [0.4, 0.5) is 5.69 Å². The average Bonchev–Trinajstić information content (AvgIpc) is 2.82. The molecule has 18 heavy (non-hydrogen) atoms. The number of nitrogen functional groups attached to an aromatic ring is 1. The Bertz CT molecular complexity index is 575. The summed E-state index contributed by atoms with van der Waals surface area (Å²) in [5.74, 6) is 0.814. The van der Waals surface area contributed by atoms with Gasteiger partial charge >= 0.3 is 0 Å². The number of aliphatic hydroxyl groups is 1. The molecule has 3 N–H and O–H groups in total. The molecule has 2 aromatic rings. The van der Waals surface area contributed by atoms with Crippen molar-refractivity contribution in [2.24, 2.45) is 0 Å². The predicted octanol–water partition coefficient (Wildman–Crippen LogP) is 2.02. The summed E-state index contributed by atoms with van der Waals surface area (Å²) in [6.07, 6.45) is 0.414. The van der Waals surface area contributed by atoms with Crippen LogP contribution in [-0.4, -0.2) is 21.9 Å². The zero-order valence-electron chi connectivity index (χ0n) is 10.2. The number of aromatic nitrogens is 2. The Labute approximate surface area is 105 Å². The Morgan fingerprint density at radius 3 is 2.94 bits per heavy atom. The molecule has 0 aliphatic heterocycles. The molecular weight excluding hydrogens is 230 g/mol. The zero-order valence-corrected chi connectivity index (χ0v) is 10.2. The van der Waals surface area contributed by atoms with Gasteiger partial charge in [-0.25, -0.2) is 0 Å². The average molecular weight is 245 g/mol. The lowest BCUT2D eigenvalue weighted by Gasteiger charge is -2.00. The van der Waals surface area contributed by atoms with E-state index < -0.39 is 0 Å². The summed E-state index contributed by atoms with van der Waals surface area (Å²) in [6, 6.07) is 5.59. The smallest absolute Gasteiger partial charge is 0.253 e. The number of aliphatic hydroxyl groups excluding tert-OH is 1. The molecule has 1 aromatic carbocycles. The first kappa shape index (κ1) is 12.3. The fraction of sp³-hybridized carbons (Fsp3) is 0.231. The first-order valence-corrected chi connectivity index (χ1v) is 5.61. The van der Waals surface area contributed by atoms with Crippen LogP contribution in [0.1, 0.15) is 17.9 Å². The predicted molar refractivity (Wildman–Crippen MR) is 69.6 cm³/mol. The quantitative estimate of drug-likeness (QED) is 0.805. The highest BCUT2D eigenvalue weighted by Crippen LogP contribution is 2.23. The van der Waals surface area contributed by atoms with Crippen molar-refractivity contribution in [3.8, 4) is 11.4 Å². The van der Waals surface area contributed by atoms with E-state index in [4.69, 9.17) is 15.4 Å². The third-order valence-electron chi connectivity index (χ3n) is 2.68.